The monoisotopic (exact) mass is 333 g/mol. The Bertz CT molecular complexity index is 500. The number of benzene rings is 1. The molecule has 1 aromatic rings. The van der Waals surface area contributed by atoms with Crippen molar-refractivity contribution in [3.8, 4) is 5.75 Å². The van der Waals surface area contributed by atoms with Crippen LogP contribution < -0.4 is 5.73 Å². The number of alkyl halides is 2. The number of esters is 1. The molecule has 0 fully saturated rings. The van der Waals surface area contributed by atoms with Gasteiger partial charge in [0, 0.05) is 5.56 Å². The molecule has 0 unspecified atom stereocenters. The summed E-state index contributed by atoms with van der Waals surface area (Å²) in [5.74, 6) is -7.83. The van der Waals surface area contributed by atoms with E-state index in [0.29, 0.717) is 0 Å². The first-order chi connectivity index (χ1) is 8.73. The van der Waals surface area contributed by atoms with Crippen molar-refractivity contribution < 1.29 is 27.8 Å². The van der Waals surface area contributed by atoms with Crippen LogP contribution in [0, 0.1) is 5.82 Å². The van der Waals surface area contributed by atoms with Crippen molar-refractivity contribution in [2.75, 3.05) is 6.61 Å². The minimum Gasteiger partial charge on any atom is -0.506 e. The predicted molar refractivity (Wildman–Crippen MR) is 68.8 cm³/mol. The maximum absolute atomic E-state index is 13.6. The normalized spacial score (nSPS) is 12.5. The van der Waals surface area contributed by atoms with Crippen molar-refractivity contribution in [2.24, 2.45) is 5.73 Å². The van der Waals surface area contributed by atoms with Crippen LogP contribution in [0.1, 0.15) is 18.5 Å². The molecule has 9 heteroatoms. The van der Waals surface area contributed by atoms with E-state index in [9.17, 15) is 23.1 Å². The zero-order chi connectivity index (χ0) is 14.8. The third-order valence-electron chi connectivity index (χ3n) is 2.37. The van der Waals surface area contributed by atoms with Gasteiger partial charge in [-0.3, -0.25) is 0 Å². The molecule has 0 aromatic heterocycles. The highest BCUT2D eigenvalue weighted by molar-refractivity contribution is 6.32. The highest BCUT2D eigenvalue weighted by Crippen LogP contribution is 2.39. The Hall–Kier alpha value is -1.18. The molecule has 0 saturated heterocycles. The summed E-state index contributed by atoms with van der Waals surface area (Å²) >= 11 is 5.38. The molecule has 4 nitrogen and oxygen atoms in total. The van der Waals surface area contributed by atoms with E-state index in [1.807, 2.05) is 0 Å². The van der Waals surface area contributed by atoms with E-state index in [1.165, 1.54) is 6.92 Å². The van der Waals surface area contributed by atoms with Crippen molar-refractivity contribution in [3.63, 3.8) is 0 Å². The Labute approximate surface area is 124 Å². The van der Waals surface area contributed by atoms with E-state index in [4.69, 9.17) is 17.3 Å². The average molecular weight is 334 g/mol. The third kappa shape index (κ3) is 3.47. The van der Waals surface area contributed by atoms with E-state index >= 15 is 0 Å². The molecule has 3 N–H and O–H groups in total. The SMILES string of the molecule is CCOC(=O)C(F)(F)[C@@H](N)c1ccc(F)c(Cl)c1O.Cl. The van der Waals surface area contributed by atoms with Gasteiger partial charge in [0.15, 0.2) is 0 Å². The Morgan fingerprint density at radius 1 is 1.55 bits per heavy atom. The number of phenols is 1. The summed E-state index contributed by atoms with van der Waals surface area (Å²) in [5.41, 5.74) is 4.68. The van der Waals surface area contributed by atoms with Crippen LogP contribution in [0.15, 0.2) is 12.1 Å². The summed E-state index contributed by atoms with van der Waals surface area (Å²) in [6.07, 6.45) is 0. The summed E-state index contributed by atoms with van der Waals surface area (Å²) in [6, 6.07) is -0.614. The Kier molecular flexibility index (Phi) is 6.60. The van der Waals surface area contributed by atoms with Gasteiger partial charge in [-0.2, -0.15) is 8.78 Å². The number of nitrogens with two attached hydrogens (primary N) is 1. The molecule has 1 aromatic carbocycles. The predicted octanol–water partition coefficient (Wildman–Crippen LogP) is 2.80. The second kappa shape index (κ2) is 7.01. The van der Waals surface area contributed by atoms with Crippen molar-refractivity contribution >= 4 is 30.0 Å². The maximum atomic E-state index is 13.6. The van der Waals surface area contributed by atoms with E-state index in [1.54, 1.807) is 0 Å². The molecule has 1 atom stereocenters. The van der Waals surface area contributed by atoms with Gasteiger partial charge in [0.25, 0.3) is 0 Å². The molecule has 114 valence electrons. The van der Waals surface area contributed by atoms with Gasteiger partial charge >= 0.3 is 11.9 Å². The molecule has 0 radical (unpaired) electrons. The highest BCUT2D eigenvalue weighted by atomic mass is 35.5. The highest BCUT2D eigenvalue weighted by Gasteiger charge is 2.48. The number of carbonyl (C=O) groups excluding carboxylic acids is 1. The molecular formula is C11H12Cl2F3NO3. The van der Waals surface area contributed by atoms with Gasteiger partial charge in [-0.15, -0.1) is 12.4 Å². The lowest BCUT2D eigenvalue weighted by Gasteiger charge is -2.22. The zero-order valence-corrected chi connectivity index (χ0v) is 11.8. The van der Waals surface area contributed by atoms with Gasteiger partial charge in [0.1, 0.15) is 22.6 Å². The van der Waals surface area contributed by atoms with Crippen molar-refractivity contribution in [1.29, 1.82) is 0 Å². The summed E-state index contributed by atoms with van der Waals surface area (Å²) in [5, 5.41) is 8.74. The van der Waals surface area contributed by atoms with Crippen LogP contribution in [-0.4, -0.2) is 23.6 Å². The first-order valence-electron chi connectivity index (χ1n) is 5.20. The van der Waals surface area contributed by atoms with Crippen LogP contribution >= 0.6 is 24.0 Å². The van der Waals surface area contributed by atoms with E-state index in [2.05, 4.69) is 4.74 Å². The van der Waals surface area contributed by atoms with E-state index < -0.39 is 40.1 Å². The number of aromatic hydroxyl groups is 1. The molecule has 0 amide bonds. The number of halogens is 5. The fourth-order valence-corrected chi connectivity index (χ4v) is 1.53. The summed E-state index contributed by atoms with van der Waals surface area (Å²) in [4.78, 5) is 11.1. The second-order valence-electron chi connectivity index (χ2n) is 3.62. The van der Waals surface area contributed by atoms with E-state index in [-0.39, 0.29) is 19.0 Å². The Balaban J connectivity index is 0.00000361. The fraction of sp³-hybridized carbons (Fsp3) is 0.364. The molecule has 0 heterocycles. The van der Waals surface area contributed by atoms with Gasteiger partial charge in [-0.1, -0.05) is 17.7 Å². The topological polar surface area (TPSA) is 72.5 Å². The first kappa shape index (κ1) is 18.8. The quantitative estimate of drug-likeness (QED) is 0.831. The van der Waals surface area contributed by atoms with Crippen LogP contribution in [-0.2, 0) is 9.53 Å². The number of ether oxygens (including phenoxy) is 1. The molecule has 0 bridgehead atoms. The summed E-state index contributed by atoms with van der Waals surface area (Å²) in [7, 11) is 0. The van der Waals surface area contributed by atoms with Crippen LogP contribution in [0.3, 0.4) is 0 Å². The number of rotatable bonds is 4. The lowest BCUT2D eigenvalue weighted by Crippen LogP contribution is -2.41. The van der Waals surface area contributed by atoms with Crippen LogP contribution in [0.4, 0.5) is 13.2 Å². The maximum Gasteiger partial charge on any atom is 0.379 e. The van der Waals surface area contributed by atoms with Gasteiger partial charge in [0.2, 0.25) is 0 Å². The molecule has 20 heavy (non-hydrogen) atoms. The zero-order valence-electron chi connectivity index (χ0n) is 10.2. The van der Waals surface area contributed by atoms with E-state index in [0.717, 1.165) is 12.1 Å². The Morgan fingerprint density at radius 2 is 2.10 bits per heavy atom. The lowest BCUT2D eigenvalue weighted by atomic mass is 10.0. The number of carbonyl (C=O) groups is 1. The van der Waals surface area contributed by atoms with Crippen molar-refractivity contribution in [2.45, 2.75) is 18.9 Å². The van der Waals surface area contributed by atoms with Crippen LogP contribution in [0.25, 0.3) is 0 Å². The Morgan fingerprint density at radius 3 is 2.60 bits per heavy atom. The average Bonchev–Trinajstić information content (AvgIpc) is 2.35. The molecule has 0 aliphatic rings. The standard InChI is InChI=1S/C11H11ClF3NO3.ClH/c1-2-19-10(18)11(14,15)9(16)5-3-4-6(13)7(12)8(5)17;/h3-4,9,17H,2,16H2,1H3;1H/t9-;/m0./s1. The van der Waals surface area contributed by atoms with Crippen LogP contribution in [0.2, 0.25) is 5.02 Å². The van der Waals surface area contributed by atoms with Crippen molar-refractivity contribution in [1.82, 2.24) is 0 Å². The van der Waals surface area contributed by atoms with Gasteiger partial charge in [-0.25, -0.2) is 9.18 Å². The molecule has 1 rings (SSSR count). The van der Waals surface area contributed by atoms with Crippen molar-refractivity contribution in [3.05, 3.63) is 28.5 Å². The van der Waals surface area contributed by atoms with Gasteiger partial charge < -0.3 is 15.6 Å². The van der Waals surface area contributed by atoms with Gasteiger partial charge in [-0.05, 0) is 13.0 Å². The smallest absolute Gasteiger partial charge is 0.379 e. The molecule has 0 spiro atoms. The molecular weight excluding hydrogens is 322 g/mol. The lowest BCUT2D eigenvalue weighted by molar-refractivity contribution is -0.174. The fourth-order valence-electron chi connectivity index (χ4n) is 1.36. The number of phenolic OH excluding ortho intramolecular Hbond substituents is 1. The first-order valence-corrected chi connectivity index (χ1v) is 5.58. The summed E-state index contributed by atoms with van der Waals surface area (Å²) < 4.78 is 44.5. The number of hydrogen-bond donors (Lipinski definition) is 2. The molecule has 0 aliphatic heterocycles. The molecule has 0 saturated carbocycles. The second-order valence-corrected chi connectivity index (χ2v) is 4.00. The summed E-state index contributed by atoms with van der Waals surface area (Å²) in [6.45, 7) is 1.10. The van der Waals surface area contributed by atoms with Crippen LogP contribution in [0.5, 0.6) is 5.75 Å². The molecule has 0 aliphatic carbocycles. The number of hydrogen-bond acceptors (Lipinski definition) is 4. The largest absolute Gasteiger partial charge is 0.506 e. The van der Waals surface area contributed by atoms with Gasteiger partial charge in [0.05, 0.1) is 6.61 Å². The third-order valence-corrected chi connectivity index (χ3v) is 2.73. The minimum absolute atomic E-state index is 0. The minimum atomic E-state index is -4.07.